The van der Waals surface area contributed by atoms with Crippen molar-refractivity contribution in [3.8, 4) is 0 Å². The molecule has 3 aliphatic heterocycles. The first-order valence-corrected chi connectivity index (χ1v) is 6.55. The zero-order chi connectivity index (χ0) is 12.5. The minimum absolute atomic E-state index is 0.117. The molecule has 2 fully saturated rings. The molecule has 3 N–H and O–H groups in total. The van der Waals surface area contributed by atoms with E-state index in [0.717, 1.165) is 26.2 Å². The van der Waals surface area contributed by atoms with Gasteiger partial charge in [0.2, 0.25) is 5.91 Å². The van der Waals surface area contributed by atoms with Gasteiger partial charge in [-0.2, -0.15) is 5.10 Å². The molecule has 0 radical (unpaired) electrons. The first-order chi connectivity index (χ1) is 8.75. The van der Waals surface area contributed by atoms with Gasteiger partial charge in [-0.15, -0.1) is 0 Å². The van der Waals surface area contributed by atoms with Gasteiger partial charge >= 0.3 is 0 Å². The molecule has 3 rings (SSSR count). The molecule has 3 heterocycles. The summed E-state index contributed by atoms with van der Waals surface area (Å²) in [5.41, 5.74) is 3.00. The maximum atomic E-state index is 12.5. The molecule has 0 aromatic heterocycles. The summed E-state index contributed by atoms with van der Waals surface area (Å²) in [7, 11) is 0. The molecule has 0 spiro atoms. The van der Waals surface area contributed by atoms with Gasteiger partial charge in [0.05, 0.1) is 0 Å². The number of hydrogen-bond acceptors (Lipinski definition) is 6. The van der Waals surface area contributed by atoms with Crippen LogP contribution in [-0.2, 0) is 4.79 Å². The van der Waals surface area contributed by atoms with Crippen LogP contribution in [0.25, 0.3) is 0 Å². The first kappa shape index (κ1) is 11.7. The van der Waals surface area contributed by atoms with Crippen molar-refractivity contribution in [2.75, 3.05) is 32.7 Å². The summed E-state index contributed by atoms with van der Waals surface area (Å²) >= 11 is 0. The second kappa shape index (κ2) is 4.74. The van der Waals surface area contributed by atoms with Crippen molar-refractivity contribution in [2.24, 2.45) is 5.10 Å². The van der Waals surface area contributed by atoms with Gasteiger partial charge < -0.3 is 20.4 Å². The van der Waals surface area contributed by atoms with E-state index in [9.17, 15) is 4.79 Å². The summed E-state index contributed by atoms with van der Waals surface area (Å²) < 4.78 is 0. The van der Waals surface area contributed by atoms with Crippen molar-refractivity contribution >= 4 is 12.2 Å². The van der Waals surface area contributed by atoms with E-state index in [4.69, 9.17) is 0 Å². The highest BCUT2D eigenvalue weighted by atomic mass is 16.2. The van der Waals surface area contributed by atoms with Crippen LogP contribution in [0.15, 0.2) is 5.10 Å². The molecular formula is C11H20N6O. The molecule has 0 aromatic carbocycles. The number of fused-ring (bicyclic) bond motifs is 1. The molecular weight excluding hydrogens is 232 g/mol. The fourth-order valence-corrected chi connectivity index (χ4v) is 2.75. The molecule has 18 heavy (non-hydrogen) atoms. The van der Waals surface area contributed by atoms with E-state index in [0.29, 0.717) is 6.54 Å². The molecule has 0 aliphatic carbocycles. The standard InChI is InChI=1S/C11H20N6O/c1-8-4-12-2-3-17(8)11(18)9-6-16-7-14-15-10(16)5-13-9/h7-10,12-13,15H,2-6H2,1H3. The minimum Gasteiger partial charge on any atom is -0.336 e. The zero-order valence-electron chi connectivity index (χ0n) is 10.6. The third-order valence-electron chi connectivity index (χ3n) is 3.86. The smallest absolute Gasteiger partial charge is 0.241 e. The molecule has 7 nitrogen and oxygen atoms in total. The molecule has 3 unspecified atom stereocenters. The van der Waals surface area contributed by atoms with Crippen molar-refractivity contribution in [3.63, 3.8) is 0 Å². The summed E-state index contributed by atoms with van der Waals surface area (Å²) in [5.74, 6) is 0.211. The summed E-state index contributed by atoms with van der Waals surface area (Å²) in [5, 5.41) is 10.6. The van der Waals surface area contributed by atoms with Gasteiger partial charge in [0.25, 0.3) is 0 Å². The lowest BCUT2D eigenvalue weighted by atomic mass is 10.1. The van der Waals surface area contributed by atoms with Crippen LogP contribution in [0, 0.1) is 0 Å². The van der Waals surface area contributed by atoms with E-state index >= 15 is 0 Å². The molecule has 7 heteroatoms. The first-order valence-electron chi connectivity index (χ1n) is 6.55. The average Bonchev–Trinajstić information content (AvgIpc) is 2.85. The number of nitrogens with zero attached hydrogens (tertiary/aromatic N) is 3. The third kappa shape index (κ3) is 2.04. The minimum atomic E-state index is -0.117. The van der Waals surface area contributed by atoms with E-state index in [2.05, 4.69) is 33.0 Å². The number of hydrazone groups is 1. The topological polar surface area (TPSA) is 72.0 Å². The number of rotatable bonds is 1. The predicted molar refractivity (Wildman–Crippen MR) is 68.0 cm³/mol. The second-order valence-electron chi connectivity index (χ2n) is 5.13. The number of carbonyl (C=O) groups is 1. The van der Waals surface area contributed by atoms with E-state index in [-0.39, 0.29) is 24.2 Å². The lowest BCUT2D eigenvalue weighted by Crippen LogP contribution is -2.64. The Morgan fingerprint density at radius 1 is 1.44 bits per heavy atom. The molecule has 1 amide bonds. The molecule has 3 atom stereocenters. The fourth-order valence-electron chi connectivity index (χ4n) is 2.75. The van der Waals surface area contributed by atoms with Crippen LogP contribution >= 0.6 is 0 Å². The Morgan fingerprint density at radius 3 is 3.17 bits per heavy atom. The van der Waals surface area contributed by atoms with Crippen molar-refractivity contribution in [2.45, 2.75) is 25.2 Å². The van der Waals surface area contributed by atoms with Gasteiger partial charge in [-0.3, -0.25) is 10.2 Å². The van der Waals surface area contributed by atoms with Crippen LogP contribution in [-0.4, -0.2) is 73.0 Å². The Balaban J connectivity index is 1.63. The van der Waals surface area contributed by atoms with Gasteiger partial charge in [0.15, 0.2) is 0 Å². The summed E-state index contributed by atoms with van der Waals surface area (Å²) in [6, 6.07) is 0.157. The maximum absolute atomic E-state index is 12.5. The lowest BCUT2D eigenvalue weighted by molar-refractivity contribution is -0.137. The van der Waals surface area contributed by atoms with Crippen molar-refractivity contribution < 1.29 is 4.79 Å². The quantitative estimate of drug-likeness (QED) is 0.501. The Labute approximate surface area is 107 Å². The number of carbonyl (C=O) groups excluding carboxylic acids is 1. The predicted octanol–water partition coefficient (Wildman–Crippen LogP) is -2.05. The van der Waals surface area contributed by atoms with E-state index in [1.54, 1.807) is 6.34 Å². The van der Waals surface area contributed by atoms with Gasteiger partial charge in [0.1, 0.15) is 18.5 Å². The van der Waals surface area contributed by atoms with Crippen LogP contribution in [0.1, 0.15) is 6.92 Å². The average molecular weight is 252 g/mol. The van der Waals surface area contributed by atoms with Crippen molar-refractivity contribution in [3.05, 3.63) is 0 Å². The molecule has 2 saturated heterocycles. The Morgan fingerprint density at radius 2 is 2.33 bits per heavy atom. The van der Waals surface area contributed by atoms with Crippen LogP contribution in [0.5, 0.6) is 0 Å². The largest absolute Gasteiger partial charge is 0.336 e. The molecule has 0 aromatic rings. The maximum Gasteiger partial charge on any atom is 0.241 e. The number of nitrogens with one attached hydrogen (secondary N) is 3. The van der Waals surface area contributed by atoms with Crippen LogP contribution in [0.3, 0.4) is 0 Å². The van der Waals surface area contributed by atoms with Gasteiger partial charge in [-0.05, 0) is 6.92 Å². The monoisotopic (exact) mass is 252 g/mol. The molecule has 0 bridgehead atoms. The normalized spacial score (nSPS) is 35.3. The molecule has 0 saturated carbocycles. The van der Waals surface area contributed by atoms with E-state index in [1.165, 1.54) is 0 Å². The zero-order valence-corrected chi connectivity index (χ0v) is 10.6. The van der Waals surface area contributed by atoms with Gasteiger partial charge in [-0.25, -0.2) is 0 Å². The van der Waals surface area contributed by atoms with E-state index < -0.39 is 0 Å². The summed E-state index contributed by atoms with van der Waals surface area (Å²) in [4.78, 5) is 16.6. The van der Waals surface area contributed by atoms with Crippen LogP contribution in [0.4, 0.5) is 0 Å². The number of amides is 1. The van der Waals surface area contributed by atoms with E-state index in [1.807, 2.05) is 4.90 Å². The number of piperazine rings is 2. The van der Waals surface area contributed by atoms with Crippen molar-refractivity contribution in [1.82, 2.24) is 25.9 Å². The Hall–Kier alpha value is -1.34. The van der Waals surface area contributed by atoms with Crippen molar-refractivity contribution in [1.29, 1.82) is 0 Å². The third-order valence-corrected chi connectivity index (χ3v) is 3.86. The highest BCUT2D eigenvalue weighted by Gasteiger charge is 2.35. The second-order valence-corrected chi connectivity index (χ2v) is 5.13. The molecule has 100 valence electrons. The fraction of sp³-hybridized carbons (Fsp3) is 0.818. The van der Waals surface area contributed by atoms with Crippen LogP contribution in [0.2, 0.25) is 0 Å². The van der Waals surface area contributed by atoms with Gasteiger partial charge in [0, 0.05) is 38.8 Å². The lowest BCUT2D eigenvalue weighted by Gasteiger charge is -2.40. The highest BCUT2D eigenvalue weighted by molar-refractivity contribution is 5.83. The van der Waals surface area contributed by atoms with Gasteiger partial charge in [-0.1, -0.05) is 0 Å². The Bertz CT molecular complexity index is 359. The highest BCUT2D eigenvalue weighted by Crippen LogP contribution is 2.11. The number of hydrogen-bond donors (Lipinski definition) is 3. The molecule has 3 aliphatic rings. The Kier molecular flexibility index (Phi) is 3.09. The SMILES string of the molecule is CC1CNCCN1C(=O)C1CN2C=NNC2CN1. The van der Waals surface area contributed by atoms with Crippen LogP contribution < -0.4 is 16.1 Å². The summed E-state index contributed by atoms with van der Waals surface area (Å²) in [6.45, 7) is 6.10. The summed E-state index contributed by atoms with van der Waals surface area (Å²) in [6.07, 6.45) is 1.99.